The Labute approximate surface area is 256 Å². The predicted octanol–water partition coefficient (Wildman–Crippen LogP) is 5.68. The number of benzene rings is 3. The summed E-state index contributed by atoms with van der Waals surface area (Å²) in [6.07, 6.45) is 4.36. The molecule has 0 bridgehead atoms. The van der Waals surface area contributed by atoms with E-state index in [9.17, 15) is 18.0 Å². The van der Waals surface area contributed by atoms with Crippen LogP contribution >= 0.6 is 0 Å². The molecule has 4 rings (SSSR count). The lowest BCUT2D eigenvalue weighted by molar-refractivity contribution is -0.140. The van der Waals surface area contributed by atoms with Crippen LogP contribution in [0.5, 0.6) is 5.75 Å². The van der Waals surface area contributed by atoms with Gasteiger partial charge in [-0.1, -0.05) is 67.3 Å². The van der Waals surface area contributed by atoms with Gasteiger partial charge in [-0.05, 0) is 81.5 Å². The Hall–Kier alpha value is -3.85. The third kappa shape index (κ3) is 7.76. The smallest absolute Gasteiger partial charge is 0.264 e. The normalized spacial score (nSPS) is 14.3. The molecule has 43 heavy (non-hydrogen) atoms. The summed E-state index contributed by atoms with van der Waals surface area (Å²) in [5.41, 5.74) is 3.87. The number of carbonyl (C=O) groups excluding carboxylic acids is 2. The summed E-state index contributed by atoms with van der Waals surface area (Å²) in [5.74, 6) is 0.00785. The fraction of sp³-hybridized carbons (Fsp3) is 0.412. The van der Waals surface area contributed by atoms with Gasteiger partial charge in [-0.25, -0.2) is 8.42 Å². The number of aryl methyl sites for hydroxylation is 3. The quantitative estimate of drug-likeness (QED) is 0.287. The average Bonchev–Trinajstić information content (AvgIpc) is 3.49. The maximum atomic E-state index is 14.3. The van der Waals surface area contributed by atoms with Crippen LogP contribution in [0.2, 0.25) is 0 Å². The summed E-state index contributed by atoms with van der Waals surface area (Å²) < 4.78 is 34.7. The summed E-state index contributed by atoms with van der Waals surface area (Å²) in [4.78, 5) is 29.5. The fourth-order valence-electron chi connectivity index (χ4n) is 5.65. The second kappa shape index (κ2) is 14.1. The predicted molar refractivity (Wildman–Crippen MR) is 170 cm³/mol. The number of ether oxygens (including phenoxy) is 1. The van der Waals surface area contributed by atoms with Gasteiger partial charge in [-0.2, -0.15) is 0 Å². The van der Waals surface area contributed by atoms with Crippen LogP contribution in [0.25, 0.3) is 0 Å². The number of rotatable bonds is 12. The zero-order chi connectivity index (χ0) is 31.1. The molecule has 2 amide bonds. The molecule has 0 saturated heterocycles. The minimum Gasteiger partial charge on any atom is -0.497 e. The fourth-order valence-corrected chi connectivity index (χ4v) is 7.13. The Morgan fingerprint density at radius 3 is 2.14 bits per heavy atom. The van der Waals surface area contributed by atoms with Gasteiger partial charge in [-0.15, -0.1) is 0 Å². The molecule has 1 fully saturated rings. The highest BCUT2D eigenvalue weighted by molar-refractivity contribution is 7.92. The molecule has 8 nitrogen and oxygen atoms in total. The van der Waals surface area contributed by atoms with Crippen molar-refractivity contribution in [2.45, 2.75) is 83.3 Å². The Morgan fingerprint density at radius 2 is 1.56 bits per heavy atom. The molecule has 0 aromatic heterocycles. The van der Waals surface area contributed by atoms with Crippen molar-refractivity contribution in [1.82, 2.24) is 10.2 Å². The van der Waals surface area contributed by atoms with Crippen molar-refractivity contribution >= 4 is 27.5 Å². The van der Waals surface area contributed by atoms with E-state index in [4.69, 9.17) is 4.74 Å². The minimum absolute atomic E-state index is 0.0908. The molecule has 9 heteroatoms. The highest BCUT2D eigenvalue weighted by atomic mass is 32.2. The number of nitrogens with zero attached hydrogens (tertiary/aromatic N) is 2. The lowest BCUT2D eigenvalue weighted by atomic mass is 10.1. The van der Waals surface area contributed by atoms with Gasteiger partial charge in [0.05, 0.1) is 17.7 Å². The topological polar surface area (TPSA) is 96.0 Å². The molecule has 1 atom stereocenters. The Morgan fingerprint density at radius 1 is 0.930 bits per heavy atom. The zero-order valence-corrected chi connectivity index (χ0v) is 26.6. The summed E-state index contributed by atoms with van der Waals surface area (Å²) >= 11 is 0. The Kier molecular flexibility index (Phi) is 10.5. The number of methoxy groups -OCH3 is 1. The van der Waals surface area contributed by atoms with Gasteiger partial charge >= 0.3 is 0 Å². The number of nitrogens with one attached hydrogen (secondary N) is 1. The van der Waals surface area contributed by atoms with E-state index in [0.29, 0.717) is 17.9 Å². The van der Waals surface area contributed by atoms with E-state index in [1.165, 1.54) is 9.21 Å². The Bertz CT molecular complexity index is 1510. The van der Waals surface area contributed by atoms with E-state index < -0.39 is 28.5 Å². The van der Waals surface area contributed by atoms with Crippen LogP contribution in [0.1, 0.15) is 61.3 Å². The first kappa shape index (κ1) is 32.1. The molecule has 3 aromatic rings. The van der Waals surface area contributed by atoms with E-state index in [0.717, 1.165) is 47.9 Å². The second-order valence-corrected chi connectivity index (χ2v) is 13.3. The molecule has 0 radical (unpaired) electrons. The molecule has 1 aliphatic carbocycles. The van der Waals surface area contributed by atoms with Crippen molar-refractivity contribution in [1.29, 1.82) is 0 Å². The molecule has 3 aromatic carbocycles. The van der Waals surface area contributed by atoms with Gasteiger partial charge in [0.15, 0.2) is 0 Å². The molecule has 1 saturated carbocycles. The molecule has 0 aliphatic heterocycles. The number of anilines is 1. The van der Waals surface area contributed by atoms with Crippen LogP contribution in [0.15, 0.2) is 71.6 Å². The number of hydrogen-bond acceptors (Lipinski definition) is 5. The first-order valence-electron chi connectivity index (χ1n) is 14.9. The largest absolute Gasteiger partial charge is 0.497 e. The van der Waals surface area contributed by atoms with E-state index in [1.54, 1.807) is 49.6 Å². The molecular formula is C34H43N3O5S. The van der Waals surface area contributed by atoms with Crippen molar-refractivity contribution in [3.8, 4) is 5.75 Å². The maximum Gasteiger partial charge on any atom is 0.264 e. The van der Waals surface area contributed by atoms with E-state index >= 15 is 0 Å². The molecular weight excluding hydrogens is 562 g/mol. The minimum atomic E-state index is -4.12. The number of sulfonamides is 1. The molecule has 1 N–H and O–H groups in total. The molecule has 0 spiro atoms. The molecule has 0 unspecified atom stereocenters. The summed E-state index contributed by atoms with van der Waals surface area (Å²) in [5, 5.41) is 3.15. The van der Waals surface area contributed by atoms with Gasteiger partial charge < -0.3 is 15.0 Å². The SMILES string of the molecule is CC[C@H](C(=O)NC1CCCC1)N(Cc1ccc(OC)cc1)C(=O)CN(c1ccc(C)cc1C)S(=O)(=O)c1ccc(C)cc1. The molecule has 230 valence electrons. The second-order valence-electron chi connectivity index (χ2n) is 11.4. The monoisotopic (exact) mass is 605 g/mol. The maximum absolute atomic E-state index is 14.3. The van der Waals surface area contributed by atoms with Gasteiger partial charge in [0, 0.05) is 12.6 Å². The summed E-state index contributed by atoms with van der Waals surface area (Å²) in [6.45, 7) is 7.22. The van der Waals surface area contributed by atoms with Crippen molar-refractivity contribution < 1.29 is 22.7 Å². The van der Waals surface area contributed by atoms with Crippen LogP contribution in [0.3, 0.4) is 0 Å². The molecule has 1 aliphatic rings. The van der Waals surface area contributed by atoms with Crippen LogP contribution < -0.4 is 14.4 Å². The third-order valence-electron chi connectivity index (χ3n) is 8.11. The Balaban J connectivity index is 1.73. The van der Waals surface area contributed by atoms with Gasteiger partial charge in [0.1, 0.15) is 18.3 Å². The third-order valence-corrected chi connectivity index (χ3v) is 9.88. The van der Waals surface area contributed by atoms with Crippen LogP contribution in [-0.4, -0.2) is 50.9 Å². The van der Waals surface area contributed by atoms with Crippen LogP contribution in [-0.2, 0) is 26.2 Å². The standard InChI is InChI=1S/C34H43N3O5S/c1-6-31(34(39)35-28-9-7-8-10-28)36(22-27-14-16-29(42-5)17-15-27)33(38)23-37(32-20-13-25(3)21-26(32)4)43(40,41)30-18-11-24(2)12-19-30/h11-21,28,31H,6-10,22-23H2,1-5H3,(H,35,39)/t31-/m1/s1. The van der Waals surface area contributed by atoms with Gasteiger partial charge in [0.25, 0.3) is 10.0 Å². The lowest BCUT2D eigenvalue weighted by Crippen LogP contribution is -2.53. The van der Waals surface area contributed by atoms with Crippen molar-refractivity contribution in [3.05, 3.63) is 89.0 Å². The van der Waals surface area contributed by atoms with E-state index in [-0.39, 0.29) is 23.4 Å². The first-order valence-corrected chi connectivity index (χ1v) is 16.4. The van der Waals surface area contributed by atoms with Crippen LogP contribution in [0, 0.1) is 20.8 Å². The summed E-state index contributed by atoms with van der Waals surface area (Å²) in [7, 11) is -2.53. The van der Waals surface area contributed by atoms with Crippen molar-refractivity contribution in [2.75, 3.05) is 18.0 Å². The number of amides is 2. The number of hydrogen-bond donors (Lipinski definition) is 1. The van der Waals surface area contributed by atoms with Gasteiger partial charge in [-0.3, -0.25) is 13.9 Å². The average molecular weight is 606 g/mol. The lowest BCUT2D eigenvalue weighted by Gasteiger charge is -2.34. The highest BCUT2D eigenvalue weighted by Crippen LogP contribution is 2.29. The zero-order valence-electron chi connectivity index (χ0n) is 25.8. The van der Waals surface area contributed by atoms with E-state index in [1.807, 2.05) is 52.0 Å². The van der Waals surface area contributed by atoms with Crippen LogP contribution in [0.4, 0.5) is 5.69 Å². The van der Waals surface area contributed by atoms with E-state index in [2.05, 4.69) is 5.32 Å². The molecule has 0 heterocycles. The first-order chi connectivity index (χ1) is 20.5. The van der Waals surface area contributed by atoms with Gasteiger partial charge in [0.2, 0.25) is 11.8 Å². The van der Waals surface area contributed by atoms with Crippen molar-refractivity contribution in [3.63, 3.8) is 0 Å². The van der Waals surface area contributed by atoms with Crippen molar-refractivity contribution in [2.24, 2.45) is 0 Å². The highest BCUT2D eigenvalue weighted by Gasteiger charge is 2.35. The number of carbonyl (C=O) groups is 2. The summed E-state index contributed by atoms with van der Waals surface area (Å²) in [6, 6.07) is 18.7.